The van der Waals surface area contributed by atoms with Crippen molar-refractivity contribution >= 4 is 29.1 Å². The van der Waals surface area contributed by atoms with Crippen LogP contribution in [0.3, 0.4) is 0 Å². The van der Waals surface area contributed by atoms with Crippen LogP contribution in [0.1, 0.15) is 27.9 Å². The monoisotopic (exact) mass is 386 g/mol. The second kappa shape index (κ2) is 6.41. The number of rotatable bonds is 3. The maximum absolute atomic E-state index is 12.9. The van der Waals surface area contributed by atoms with E-state index < -0.39 is 0 Å². The Hall–Kier alpha value is -3.21. The Balaban J connectivity index is 1.34. The van der Waals surface area contributed by atoms with Crippen LogP contribution in [-0.2, 0) is 9.59 Å². The van der Waals surface area contributed by atoms with Gasteiger partial charge in [-0.3, -0.25) is 19.3 Å². The van der Waals surface area contributed by atoms with Crippen molar-refractivity contribution in [3.8, 4) is 0 Å². The molecule has 146 valence electrons. The summed E-state index contributed by atoms with van der Waals surface area (Å²) in [5.74, 6) is -0.495. The van der Waals surface area contributed by atoms with Gasteiger partial charge < -0.3 is 5.32 Å². The molecule has 5 heteroatoms. The number of anilines is 2. The summed E-state index contributed by atoms with van der Waals surface area (Å²) in [6, 6.07) is 12.5. The van der Waals surface area contributed by atoms with Crippen molar-refractivity contribution < 1.29 is 14.4 Å². The van der Waals surface area contributed by atoms with E-state index in [1.807, 2.05) is 32.0 Å². The highest BCUT2D eigenvalue weighted by molar-refractivity contribution is 6.23. The van der Waals surface area contributed by atoms with Crippen LogP contribution in [0, 0.1) is 37.5 Å². The van der Waals surface area contributed by atoms with Gasteiger partial charge in [0.15, 0.2) is 0 Å². The predicted octanol–water partition coefficient (Wildman–Crippen LogP) is 3.87. The SMILES string of the molecule is Cc1ccc(NC(=O)c2ccc(N3C(=O)[C@@H]4[C@@H](C3=O)[C@H]3C=C[C@@H]4C3)cc2)cc1C. The summed E-state index contributed by atoms with van der Waals surface area (Å²) in [7, 11) is 0. The number of imide groups is 1. The van der Waals surface area contributed by atoms with E-state index in [4.69, 9.17) is 0 Å². The van der Waals surface area contributed by atoms with Gasteiger partial charge in [-0.1, -0.05) is 18.2 Å². The van der Waals surface area contributed by atoms with Gasteiger partial charge in [0.05, 0.1) is 17.5 Å². The van der Waals surface area contributed by atoms with Crippen molar-refractivity contribution in [1.29, 1.82) is 0 Å². The van der Waals surface area contributed by atoms with E-state index in [0.29, 0.717) is 11.3 Å². The second-order valence-corrected chi connectivity index (χ2v) is 8.31. The molecule has 29 heavy (non-hydrogen) atoms. The number of fused-ring (bicyclic) bond motifs is 5. The number of carbonyl (C=O) groups is 3. The Labute approximate surface area is 169 Å². The fourth-order valence-corrected chi connectivity index (χ4v) is 4.94. The lowest BCUT2D eigenvalue weighted by atomic mass is 9.85. The van der Waals surface area contributed by atoms with Crippen LogP contribution < -0.4 is 10.2 Å². The van der Waals surface area contributed by atoms with E-state index >= 15 is 0 Å². The van der Waals surface area contributed by atoms with E-state index in [9.17, 15) is 14.4 Å². The van der Waals surface area contributed by atoms with Crippen molar-refractivity contribution in [2.24, 2.45) is 23.7 Å². The van der Waals surface area contributed by atoms with Crippen LogP contribution in [0.4, 0.5) is 11.4 Å². The van der Waals surface area contributed by atoms with Crippen molar-refractivity contribution in [2.45, 2.75) is 20.3 Å². The minimum atomic E-state index is -0.224. The van der Waals surface area contributed by atoms with E-state index in [-0.39, 0.29) is 41.4 Å². The highest BCUT2D eigenvalue weighted by atomic mass is 16.2. The van der Waals surface area contributed by atoms with Crippen molar-refractivity contribution in [3.05, 3.63) is 71.3 Å². The van der Waals surface area contributed by atoms with Gasteiger partial charge in [0.1, 0.15) is 0 Å². The molecule has 0 spiro atoms. The summed E-state index contributed by atoms with van der Waals surface area (Å²) < 4.78 is 0. The Morgan fingerprint density at radius 1 is 0.897 bits per heavy atom. The number of aryl methyl sites for hydroxylation is 2. The van der Waals surface area contributed by atoms with Crippen LogP contribution in [0.5, 0.6) is 0 Å². The average Bonchev–Trinajstić information content (AvgIpc) is 3.39. The summed E-state index contributed by atoms with van der Waals surface area (Å²) in [4.78, 5) is 39.7. The predicted molar refractivity (Wildman–Crippen MR) is 111 cm³/mol. The van der Waals surface area contributed by atoms with Gasteiger partial charge in [-0.05, 0) is 79.6 Å². The molecule has 2 bridgehead atoms. The smallest absolute Gasteiger partial charge is 0.255 e. The Morgan fingerprint density at radius 2 is 1.52 bits per heavy atom. The average molecular weight is 386 g/mol. The van der Waals surface area contributed by atoms with Crippen molar-refractivity contribution in [2.75, 3.05) is 10.2 Å². The number of allylic oxidation sites excluding steroid dienone is 2. The zero-order valence-corrected chi connectivity index (χ0v) is 16.4. The normalized spacial score (nSPS) is 26.9. The fraction of sp³-hybridized carbons (Fsp3) is 0.292. The Kier molecular flexibility index (Phi) is 3.95. The molecule has 0 aromatic heterocycles. The molecule has 1 aliphatic heterocycles. The van der Waals surface area contributed by atoms with Gasteiger partial charge in [-0.25, -0.2) is 0 Å². The molecule has 1 N–H and O–H groups in total. The highest BCUT2D eigenvalue weighted by Gasteiger charge is 2.59. The summed E-state index contributed by atoms with van der Waals surface area (Å²) >= 11 is 0. The highest BCUT2D eigenvalue weighted by Crippen LogP contribution is 2.53. The molecule has 2 aromatic carbocycles. The molecule has 5 nitrogen and oxygen atoms in total. The molecule has 3 amide bonds. The molecule has 2 aliphatic carbocycles. The number of benzene rings is 2. The first-order valence-electron chi connectivity index (χ1n) is 9.99. The molecule has 1 heterocycles. The molecule has 0 radical (unpaired) electrons. The lowest BCUT2D eigenvalue weighted by molar-refractivity contribution is -0.123. The number of carbonyl (C=O) groups excluding carboxylic acids is 3. The first-order chi connectivity index (χ1) is 13.9. The lowest BCUT2D eigenvalue weighted by Gasteiger charge is -2.17. The largest absolute Gasteiger partial charge is 0.322 e. The maximum atomic E-state index is 12.9. The summed E-state index contributed by atoms with van der Waals surface area (Å²) in [5.41, 5.74) is 4.03. The molecule has 1 saturated carbocycles. The van der Waals surface area contributed by atoms with Crippen molar-refractivity contribution in [1.82, 2.24) is 0 Å². The molecular formula is C24H22N2O3. The third-order valence-corrected chi connectivity index (χ3v) is 6.62. The van der Waals surface area contributed by atoms with Crippen LogP contribution in [0.15, 0.2) is 54.6 Å². The van der Waals surface area contributed by atoms with Gasteiger partial charge in [0, 0.05) is 11.3 Å². The van der Waals surface area contributed by atoms with Crippen molar-refractivity contribution in [3.63, 3.8) is 0 Å². The van der Waals surface area contributed by atoms with E-state index in [1.54, 1.807) is 24.3 Å². The van der Waals surface area contributed by atoms with Gasteiger partial charge in [0.2, 0.25) is 11.8 Å². The molecule has 2 aromatic rings. The van der Waals surface area contributed by atoms with Crippen LogP contribution in [0.25, 0.3) is 0 Å². The number of nitrogens with one attached hydrogen (secondary N) is 1. The third kappa shape index (κ3) is 2.72. The molecule has 2 fully saturated rings. The standard InChI is InChI=1S/C24H22N2O3/c1-13-3-8-18(11-14(13)2)25-22(27)15-6-9-19(10-7-15)26-23(28)20-16-4-5-17(12-16)21(20)24(26)29/h3-11,16-17,20-21H,12H2,1-2H3,(H,25,27)/t16-,17+,20-,21-/m0/s1. The van der Waals surface area contributed by atoms with E-state index in [2.05, 4.69) is 17.5 Å². The molecule has 3 aliphatic rings. The molecule has 5 rings (SSSR count). The lowest BCUT2D eigenvalue weighted by Crippen LogP contribution is -2.32. The zero-order chi connectivity index (χ0) is 20.3. The van der Waals surface area contributed by atoms with E-state index in [0.717, 1.165) is 17.7 Å². The quantitative estimate of drug-likeness (QED) is 0.643. The molecule has 1 saturated heterocycles. The summed E-state index contributed by atoms with van der Waals surface area (Å²) in [6.07, 6.45) is 5.08. The maximum Gasteiger partial charge on any atom is 0.255 e. The molecule has 4 atom stereocenters. The Morgan fingerprint density at radius 3 is 2.10 bits per heavy atom. The zero-order valence-electron chi connectivity index (χ0n) is 16.4. The summed E-state index contributed by atoms with van der Waals surface area (Å²) in [5, 5.41) is 2.89. The Bertz CT molecular complexity index is 1040. The van der Waals surface area contributed by atoms with Crippen LogP contribution >= 0.6 is 0 Å². The number of hydrogen-bond donors (Lipinski definition) is 1. The minimum absolute atomic E-state index is 0.107. The number of nitrogens with zero attached hydrogens (tertiary/aromatic N) is 1. The fourth-order valence-electron chi connectivity index (χ4n) is 4.94. The summed E-state index contributed by atoms with van der Waals surface area (Å²) in [6.45, 7) is 4.02. The number of hydrogen-bond acceptors (Lipinski definition) is 3. The van der Waals surface area contributed by atoms with Gasteiger partial charge in [-0.2, -0.15) is 0 Å². The minimum Gasteiger partial charge on any atom is -0.322 e. The topological polar surface area (TPSA) is 66.5 Å². The number of amides is 3. The molecular weight excluding hydrogens is 364 g/mol. The van der Waals surface area contributed by atoms with Crippen LogP contribution in [0.2, 0.25) is 0 Å². The van der Waals surface area contributed by atoms with E-state index in [1.165, 1.54) is 10.5 Å². The van der Waals surface area contributed by atoms with Gasteiger partial charge in [0.25, 0.3) is 5.91 Å². The third-order valence-electron chi connectivity index (χ3n) is 6.62. The van der Waals surface area contributed by atoms with Gasteiger partial charge in [-0.15, -0.1) is 0 Å². The first kappa shape index (κ1) is 17.9. The second-order valence-electron chi connectivity index (χ2n) is 8.31. The van der Waals surface area contributed by atoms with Crippen LogP contribution in [-0.4, -0.2) is 17.7 Å². The first-order valence-corrected chi connectivity index (χ1v) is 9.99. The van der Waals surface area contributed by atoms with Gasteiger partial charge >= 0.3 is 0 Å². The molecule has 0 unspecified atom stereocenters.